The largest absolute Gasteiger partial charge is 0.490 e. The van der Waals surface area contributed by atoms with Gasteiger partial charge in [-0.2, -0.15) is 13.2 Å². The molecular weight excluding hydrogens is 437 g/mol. The second-order valence-electron chi connectivity index (χ2n) is 9.43. The molecule has 1 aliphatic carbocycles. The fourth-order valence-electron chi connectivity index (χ4n) is 5.03. The van der Waals surface area contributed by atoms with E-state index in [1.165, 1.54) is 32.2 Å². The number of ether oxygens (including phenoxy) is 1. The van der Waals surface area contributed by atoms with Crippen LogP contribution in [0.2, 0.25) is 0 Å². The highest BCUT2D eigenvalue weighted by molar-refractivity contribution is 5.94. The number of rotatable bonds is 5. The minimum absolute atomic E-state index is 0.198. The molecule has 9 heteroatoms. The van der Waals surface area contributed by atoms with Crippen molar-refractivity contribution in [3.8, 4) is 0 Å². The lowest BCUT2D eigenvalue weighted by Gasteiger charge is -2.47. The molecule has 0 radical (unpaired) electrons. The van der Waals surface area contributed by atoms with Crippen LogP contribution in [-0.2, 0) is 9.53 Å². The van der Waals surface area contributed by atoms with Crippen molar-refractivity contribution in [2.24, 2.45) is 5.92 Å². The first-order valence-corrected chi connectivity index (χ1v) is 11.5. The first kappa shape index (κ1) is 25.5. The molecule has 1 spiro atoms. The summed E-state index contributed by atoms with van der Waals surface area (Å²) in [5.74, 6) is -1.66. The van der Waals surface area contributed by atoms with E-state index < -0.39 is 12.1 Å². The maximum absolute atomic E-state index is 12.9. The molecule has 1 saturated carbocycles. The summed E-state index contributed by atoms with van der Waals surface area (Å²) in [7, 11) is 1.82. The predicted octanol–water partition coefficient (Wildman–Crippen LogP) is 4.12. The van der Waals surface area contributed by atoms with Crippen molar-refractivity contribution in [2.75, 3.05) is 33.4 Å². The van der Waals surface area contributed by atoms with Crippen LogP contribution in [0.25, 0.3) is 0 Å². The Morgan fingerprint density at radius 1 is 1.15 bits per heavy atom. The molecule has 0 aromatic heterocycles. The van der Waals surface area contributed by atoms with Gasteiger partial charge < -0.3 is 14.7 Å². The van der Waals surface area contributed by atoms with E-state index in [-0.39, 0.29) is 5.91 Å². The van der Waals surface area contributed by atoms with Crippen LogP contribution >= 0.6 is 0 Å². The number of hydrogen-bond acceptors (Lipinski definition) is 4. The third-order valence-corrected chi connectivity index (χ3v) is 6.99. The van der Waals surface area contributed by atoms with Crippen molar-refractivity contribution >= 4 is 11.9 Å². The van der Waals surface area contributed by atoms with E-state index in [1.54, 1.807) is 0 Å². The number of carbonyl (C=O) groups excluding carboxylic acids is 1. The number of carboxylic acid groups (broad SMARTS) is 1. The summed E-state index contributed by atoms with van der Waals surface area (Å²) in [6, 6.07) is 8.56. The van der Waals surface area contributed by atoms with Crippen LogP contribution in [0.4, 0.5) is 13.2 Å². The minimum atomic E-state index is -5.08. The predicted molar refractivity (Wildman–Crippen MR) is 117 cm³/mol. The van der Waals surface area contributed by atoms with Crippen molar-refractivity contribution in [1.29, 1.82) is 0 Å². The second kappa shape index (κ2) is 10.4. The molecule has 1 amide bonds. The number of amides is 1. The third-order valence-electron chi connectivity index (χ3n) is 6.99. The summed E-state index contributed by atoms with van der Waals surface area (Å²) in [4.78, 5) is 26.6. The number of aliphatic carboxylic acids is 1. The van der Waals surface area contributed by atoms with Gasteiger partial charge in [-0.05, 0) is 63.5 Å². The number of aryl methyl sites for hydroxylation is 1. The fraction of sp³-hybridized carbons (Fsp3) is 0.667. The first-order valence-electron chi connectivity index (χ1n) is 11.5. The Labute approximate surface area is 192 Å². The molecule has 1 unspecified atom stereocenters. The van der Waals surface area contributed by atoms with Crippen LogP contribution in [-0.4, -0.2) is 77.9 Å². The normalized spacial score (nSPS) is 22.7. The van der Waals surface area contributed by atoms with Gasteiger partial charge >= 0.3 is 12.1 Å². The van der Waals surface area contributed by atoms with Gasteiger partial charge in [0.05, 0.1) is 6.61 Å². The van der Waals surface area contributed by atoms with Gasteiger partial charge in [-0.1, -0.05) is 17.7 Å². The Morgan fingerprint density at radius 3 is 2.30 bits per heavy atom. The van der Waals surface area contributed by atoms with E-state index in [2.05, 4.69) is 9.80 Å². The van der Waals surface area contributed by atoms with Gasteiger partial charge in [0.1, 0.15) is 0 Å². The summed E-state index contributed by atoms with van der Waals surface area (Å²) in [6.07, 6.45) is 2.43. The third kappa shape index (κ3) is 6.47. The fourth-order valence-corrected chi connectivity index (χ4v) is 5.03. The number of nitrogens with zero attached hydrogens (tertiary/aromatic N) is 2. The quantitative estimate of drug-likeness (QED) is 0.701. The Bertz CT molecular complexity index is 833. The molecule has 33 heavy (non-hydrogen) atoms. The molecule has 1 aromatic carbocycles. The molecule has 1 atom stereocenters. The Kier molecular flexibility index (Phi) is 8.05. The summed E-state index contributed by atoms with van der Waals surface area (Å²) >= 11 is 0. The van der Waals surface area contributed by atoms with Gasteiger partial charge in [-0.15, -0.1) is 0 Å². The number of likely N-dealkylation sites (tertiary alicyclic amines) is 2. The number of halogens is 3. The van der Waals surface area contributed by atoms with E-state index >= 15 is 0 Å². The van der Waals surface area contributed by atoms with Crippen LogP contribution in [0.3, 0.4) is 0 Å². The molecule has 2 heterocycles. The molecule has 3 fully saturated rings. The number of piperidine rings is 1. The van der Waals surface area contributed by atoms with Crippen molar-refractivity contribution in [2.45, 2.75) is 63.2 Å². The molecule has 184 valence electrons. The number of alkyl halides is 3. The zero-order valence-corrected chi connectivity index (χ0v) is 19.2. The summed E-state index contributed by atoms with van der Waals surface area (Å²) in [6.45, 7) is 5.90. The summed E-state index contributed by atoms with van der Waals surface area (Å²) < 4.78 is 37.3. The molecule has 1 N–H and O–H groups in total. The molecule has 2 aliphatic heterocycles. The maximum Gasteiger partial charge on any atom is 0.490 e. The topological polar surface area (TPSA) is 70.1 Å². The monoisotopic (exact) mass is 470 g/mol. The summed E-state index contributed by atoms with van der Waals surface area (Å²) in [5.41, 5.74) is 2.28. The number of carbonyl (C=O) groups is 2. The van der Waals surface area contributed by atoms with Crippen molar-refractivity contribution in [1.82, 2.24) is 9.80 Å². The average molecular weight is 471 g/mol. The maximum atomic E-state index is 12.9. The number of benzene rings is 1. The molecule has 3 aliphatic rings. The van der Waals surface area contributed by atoms with Crippen molar-refractivity contribution in [3.05, 3.63) is 35.4 Å². The van der Waals surface area contributed by atoms with E-state index in [0.717, 1.165) is 49.6 Å². The summed E-state index contributed by atoms with van der Waals surface area (Å²) in [5, 5.41) is 7.12. The zero-order valence-electron chi connectivity index (χ0n) is 19.2. The lowest BCUT2D eigenvalue weighted by molar-refractivity contribution is -0.192. The van der Waals surface area contributed by atoms with Crippen molar-refractivity contribution in [3.63, 3.8) is 0 Å². The van der Waals surface area contributed by atoms with Crippen LogP contribution in [0.5, 0.6) is 0 Å². The Balaban J connectivity index is 0.000000383. The second-order valence-corrected chi connectivity index (χ2v) is 9.43. The Hall–Kier alpha value is -2.13. The van der Waals surface area contributed by atoms with E-state index in [9.17, 15) is 18.0 Å². The van der Waals surface area contributed by atoms with Gasteiger partial charge in [0.15, 0.2) is 0 Å². The van der Waals surface area contributed by atoms with Gasteiger partial charge in [0.25, 0.3) is 5.91 Å². The highest BCUT2D eigenvalue weighted by Crippen LogP contribution is 2.44. The highest BCUT2D eigenvalue weighted by Gasteiger charge is 2.49. The minimum Gasteiger partial charge on any atom is -0.475 e. The van der Waals surface area contributed by atoms with Gasteiger partial charge in [0, 0.05) is 43.9 Å². The smallest absolute Gasteiger partial charge is 0.475 e. The number of hydrogen-bond donors (Lipinski definition) is 1. The van der Waals surface area contributed by atoms with E-state index in [1.807, 2.05) is 38.3 Å². The molecule has 6 nitrogen and oxygen atoms in total. The van der Waals surface area contributed by atoms with Crippen LogP contribution in [0.15, 0.2) is 24.3 Å². The first-order chi connectivity index (χ1) is 15.6. The van der Waals surface area contributed by atoms with Crippen LogP contribution in [0.1, 0.15) is 54.4 Å². The van der Waals surface area contributed by atoms with Crippen molar-refractivity contribution < 1.29 is 32.6 Å². The lowest BCUT2D eigenvalue weighted by Crippen LogP contribution is -2.56. The van der Waals surface area contributed by atoms with Gasteiger partial charge in [0.2, 0.25) is 0 Å². The molecular formula is C24H33F3N2O4. The Morgan fingerprint density at radius 2 is 1.79 bits per heavy atom. The van der Waals surface area contributed by atoms with E-state index in [0.29, 0.717) is 11.6 Å². The SMILES string of the molecule is COCC1CCC2(CCN(C(=O)c3cccc(C)c3)CC2)N1CC1CC1.O=C(O)C(F)(F)F. The molecule has 1 aromatic rings. The molecule has 0 bridgehead atoms. The highest BCUT2D eigenvalue weighted by atomic mass is 19.4. The van der Waals surface area contributed by atoms with Gasteiger partial charge in [-0.25, -0.2) is 4.79 Å². The van der Waals surface area contributed by atoms with Crippen LogP contribution < -0.4 is 0 Å². The zero-order chi connectivity index (χ0) is 24.2. The molecule has 4 rings (SSSR count). The lowest BCUT2D eigenvalue weighted by atomic mass is 9.84. The van der Waals surface area contributed by atoms with Crippen LogP contribution in [0, 0.1) is 12.8 Å². The number of methoxy groups -OCH3 is 1. The molecule has 2 saturated heterocycles. The number of carboxylic acids is 1. The van der Waals surface area contributed by atoms with E-state index in [4.69, 9.17) is 14.6 Å². The average Bonchev–Trinajstić information content (AvgIpc) is 3.53. The van der Waals surface area contributed by atoms with Gasteiger partial charge in [-0.3, -0.25) is 9.69 Å². The standard InChI is InChI=1S/C22H32N2O2.C2HF3O2/c1-17-4-3-5-19(14-17)21(25)23-12-10-22(11-13-23)9-8-20(16-26-2)24(22)15-18-6-7-18;3-2(4,5)1(6)7/h3-5,14,18,20H,6-13,15-16H2,1-2H3;(H,6,7).